The van der Waals surface area contributed by atoms with Crippen LogP contribution in [0.4, 0.5) is 5.69 Å². The number of sulfonamides is 1. The van der Waals surface area contributed by atoms with Crippen molar-refractivity contribution in [2.24, 2.45) is 0 Å². The minimum Gasteiger partial charge on any atom is -0.369 e. The van der Waals surface area contributed by atoms with E-state index in [-0.39, 0.29) is 11.2 Å². The van der Waals surface area contributed by atoms with Crippen molar-refractivity contribution in [2.75, 3.05) is 31.1 Å². The highest BCUT2D eigenvalue weighted by Gasteiger charge is 2.29. The Morgan fingerprint density at radius 1 is 0.857 bits per heavy atom. The van der Waals surface area contributed by atoms with Crippen molar-refractivity contribution in [1.82, 2.24) is 4.31 Å². The molecule has 0 amide bonds. The number of ketones is 1. The Bertz CT molecular complexity index is 935. The zero-order valence-corrected chi connectivity index (χ0v) is 17.8. The normalized spacial score (nSPS) is 16.2. The van der Waals surface area contributed by atoms with E-state index in [1.54, 1.807) is 23.4 Å². The van der Waals surface area contributed by atoms with E-state index in [9.17, 15) is 13.2 Å². The number of rotatable bonds is 4. The Kier molecular flexibility index (Phi) is 5.64. The highest BCUT2D eigenvalue weighted by atomic mass is 32.2. The summed E-state index contributed by atoms with van der Waals surface area (Å²) in [6, 6.07) is 14.7. The molecule has 1 aliphatic rings. The van der Waals surface area contributed by atoms with Crippen molar-refractivity contribution in [2.45, 2.75) is 38.0 Å². The lowest BCUT2D eigenvalue weighted by Crippen LogP contribution is -2.48. The van der Waals surface area contributed by atoms with Crippen LogP contribution in [0.25, 0.3) is 0 Å². The highest BCUT2D eigenvalue weighted by Crippen LogP contribution is 2.26. The molecule has 0 radical (unpaired) electrons. The molecule has 28 heavy (non-hydrogen) atoms. The summed E-state index contributed by atoms with van der Waals surface area (Å²) in [5.41, 5.74) is 2.80. The standard InChI is InChI=1S/C22H28N2O3S/c1-17(25)18-5-9-20(10-6-18)23-13-15-24(16-14-23)28(26,27)21-11-7-19(8-12-21)22(2,3)4/h5-12H,13-16H2,1-4H3. The molecule has 1 saturated heterocycles. The van der Waals surface area contributed by atoms with Gasteiger partial charge in [0.25, 0.3) is 0 Å². The number of anilines is 1. The second-order valence-corrected chi connectivity index (χ2v) is 10.2. The van der Waals surface area contributed by atoms with Gasteiger partial charge in [0.15, 0.2) is 5.78 Å². The minimum absolute atomic E-state index is 0.00808. The lowest BCUT2D eigenvalue weighted by molar-refractivity contribution is 0.101. The van der Waals surface area contributed by atoms with Crippen molar-refractivity contribution in [3.05, 3.63) is 59.7 Å². The molecule has 150 valence electrons. The molecule has 2 aromatic carbocycles. The first-order valence-corrected chi connectivity index (χ1v) is 11.0. The topological polar surface area (TPSA) is 57.7 Å². The van der Waals surface area contributed by atoms with Crippen LogP contribution in [0, 0.1) is 0 Å². The molecule has 3 rings (SSSR count). The minimum atomic E-state index is -3.49. The number of piperazine rings is 1. The molecular weight excluding hydrogens is 372 g/mol. The summed E-state index contributed by atoms with van der Waals surface area (Å²) in [4.78, 5) is 13.9. The predicted octanol–water partition coefficient (Wildman–Crippen LogP) is 3.70. The second-order valence-electron chi connectivity index (χ2n) is 8.27. The van der Waals surface area contributed by atoms with Gasteiger partial charge in [0.2, 0.25) is 10.0 Å². The van der Waals surface area contributed by atoms with Crippen LogP contribution >= 0.6 is 0 Å². The molecule has 5 nitrogen and oxygen atoms in total. The number of hydrogen-bond donors (Lipinski definition) is 0. The average molecular weight is 401 g/mol. The van der Waals surface area contributed by atoms with E-state index in [0.717, 1.165) is 11.3 Å². The van der Waals surface area contributed by atoms with Crippen molar-refractivity contribution < 1.29 is 13.2 Å². The Balaban J connectivity index is 1.69. The monoisotopic (exact) mass is 400 g/mol. The molecule has 2 aromatic rings. The molecule has 0 N–H and O–H groups in total. The van der Waals surface area contributed by atoms with Gasteiger partial charge in [-0.2, -0.15) is 4.31 Å². The van der Waals surface area contributed by atoms with Gasteiger partial charge in [0.05, 0.1) is 4.90 Å². The van der Waals surface area contributed by atoms with Crippen LogP contribution in [0.5, 0.6) is 0 Å². The van der Waals surface area contributed by atoms with Gasteiger partial charge in [-0.1, -0.05) is 32.9 Å². The molecule has 1 heterocycles. The highest BCUT2D eigenvalue weighted by molar-refractivity contribution is 7.89. The van der Waals surface area contributed by atoms with Gasteiger partial charge in [-0.15, -0.1) is 0 Å². The fraction of sp³-hybridized carbons (Fsp3) is 0.409. The molecule has 0 aromatic heterocycles. The summed E-state index contributed by atoms with van der Waals surface area (Å²) in [7, 11) is -3.49. The molecule has 0 atom stereocenters. The average Bonchev–Trinajstić information content (AvgIpc) is 2.67. The summed E-state index contributed by atoms with van der Waals surface area (Å²) in [5.74, 6) is 0.0416. The third kappa shape index (κ3) is 4.28. The molecule has 1 fully saturated rings. The number of carbonyl (C=O) groups excluding carboxylic acids is 1. The molecule has 0 bridgehead atoms. The summed E-state index contributed by atoms with van der Waals surface area (Å²) in [6.45, 7) is 10.0. The van der Waals surface area contributed by atoms with E-state index >= 15 is 0 Å². The second kappa shape index (κ2) is 7.68. The zero-order chi connectivity index (χ0) is 20.5. The maximum Gasteiger partial charge on any atom is 0.243 e. The van der Waals surface area contributed by atoms with Gasteiger partial charge in [-0.3, -0.25) is 4.79 Å². The molecule has 0 aliphatic carbocycles. The first-order chi connectivity index (χ1) is 13.1. The maximum atomic E-state index is 13.0. The molecule has 0 saturated carbocycles. The fourth-order valence-electron chi connectivity index (χ4n) is 3.37. The van der Waals surface area contributed by atoms with Gasteiger partial charge in [-0.25, -0.2) is 8.42 Å². The summed E-state index contributed by atoms with van der Waals surface area (Å²) < 4.78 is 27.5. The zero-order valence-electron chi connectivity index (χ0n) is 17.0. The predicted molar refractivity (Wildman–Crippen MR) is 113 cm³/mol. The Morgan fingerprint density at radius 3 is 1.86 bits per heavy atom. The maximum absolute atomic E-state index is 13.0. The number of nitrogens with zero attached hydrogens (tertiary/aromatic N) is 2. The summed E-state index contributed by atoms with van der Waals surface area (Å²) in [5, 5.41) is 0. The first-order valence-electron chi connectivity index (χ1n) is 9.56. The third-order valence-electron chi connectivity index (χ3n) is 5.24. The van der Waals surface area contributed by atoms with Crippen LogP contribution in [0.2, 0.25) is 0 Å². The van der Waals surface area contributed by atoms with Crippen LogP contribution in [-0.4, -0.2) is 44.7 Å². The summed E-state index contributed by atoms with van der Waals surface area (Å²) >= 11 is 0. The van der Waals surface area contributed by atoms with Crippen molar-refractivity contribution in [3.8, 4) is 0 Å². The lowest BCUT2D eigenvalue weighted by atomic mass is 9.87. The SMILES string of the molecule is CC(=O)c1ccc(N2CCN(S(=O)(=O)c3ccc(C(C)(C)C)cc3)CC2)cc1. The van der Waals surface area contributed by atoms with E-state index in [1.165, 1.54) is 0 Å². The number of hydrogen-bond acceptors (Lipinski definition) is 4. The van der Waals surface area contributed by atoms with Crippen molar-refractivity contribution >= 4 is 21.5 Å². The van der Waals surface area contributed by atoms with E-state index in [1.807, 2.05) is 36.4 Å². The Hall–Kier alpha value is -2.18. The lowest BCUT2D eigenvalue weighted by Gasteiger charge is -2.35. The van der Waals surface area contributed by atoms with Gasteiger partial charge in [-0.05, 0) is 54.3 Å². The van der Waals surface area contributed by atoms with Gasteiger partial charge < -0.3 is 4.90 Å². The number of carbonyl (C=O) groups is 1. The molecule has 0 unspecified atom stereocenters. The van der Waals surface area contributed by atoms with E-state index in [0.29, 0.717) is 36.6 Å². The largest absolute Gasteiger partial charge is 0.369 e. The Labute approximate surface area is 168 Å². The molecular formula is C22H28N2O3S. The smallest absolute Gasteiger partial charge is 0.243 e. The molecule has 1 aliphatic heterocycles. The quantitative estimate of drug-likeness (QED) is 0.735. The number of Topliss-reactive ketones (excluding diaryl/α,β-unsaturated/α-hetero) is 1. The van der Waals surface area contributed by atoms with Crippen molar-refractivity contribution in [3.63, 3.8) is 0 Å². The molecule has 6 heteroatoms. The van der Waals surface area contributed by atoms with Crippen LogP contribution < -0.4 is 4.90 Å². The molecule has 0 spiro atoms. The Morgan fingerprint density at radius 2 is 1.39 bits per heavy atom. The third-order valence-corrected chi connectivity index (χ3v) is 7.15. The van der Waals surface area contributed by atoms with E-state index in [4.69, 9.17) is 0 Å². The van der Waals surface area contributed by atoms with E-state index < -0.39 is 10.0 Å². The van der Waals surface area contributed by atoms with Crippen LogP contribution in [0.15, 0.2) is 53.4 Å². The van der Waals surface area contributed by atoms with Gasteiger partial charge in [0, 0.05) is 37.4 Å². The van der Waals surface area contributed by atoms with Crippen molar-refractivity contribution in [1.29, 1.82) is 0 Å². The van der Waals surface area contributed by atoms with E-state index in [2.05, 4.69) is 25.7 Å². The van der Waals surface area contributed by atoms with Crippen LogP contribution in [0.3, 0.4) is 0 Å². The summed E-state index contributed by atoms with van der Waals surface area (Å²) in [6.07, 6.45) is 0. The van der Waals surface area contributed by atoms with Gasteiger partial charge in [0.1, 0.15) is 0 Å². The van der Waals surface area contributed by atoms with Crippen LogP contribution in [0.1, 0.15) is 43.6 Å². The van der Waals surface area contributed by atoms with Gasteiger partial charge >= 0.3 is 0 Å². The first kappa shape index (κ1) is 20.6. The fourth-order valence-corrected chi connectivity index (χ4v) is 4.79. The number of benzene rings is 2. The van der Waals surface area contributed by atoms with Crippen LogP contribution in [-0.2, 0) is 15.4 Å².